The van der Waals surface area contributed by atoms with Crippen LogP contribution in [0.2, 0.25) is 0 Å². The van der Waals surface area contributed by atoms with Crippen molar-refractivity contribution in [2.45, 2.75) is 46.1 Å². The Hall–Kier alpha value is -1.71. The zero-order valence-electron chi connectivity index (χ0n) is 14.0. The van der Waals surface area contributed by atoms with Crippen molar-refractivity contribution >= 4 is 6.03 Å². The molecule has 1 heterocycles. The van der Waals surface area contributed by atoms with E-state index in [-0.39, 0.29) is 12.1 Å². The van der Waals surface area contributed by atoms with Gasteiger partial charge >= 0.3 is 6.03 Å². The van der Waals surface area contributed by atoms with Crippen LogP contribution in [0.25, 0.3) is 0 Å². The average Bonchev–Trinajstić information content (AvgIpc) is 2.56. The normalized spacial score (nSPS) is 15.7. The molecule has 0 spiro atoms. The maximum absolute atomic E-state index is 12.3. The van der Waals surface area contributed by atoms with E-state index in [4.69, 9.17) is 4.74 Å². The minimum atomic E-state index is 0.163. The Morgan fingerprint density at radius 3 is 2.50 bits per heavy atom. The van der Waals surface area contributed by atoms with Gasteiger partial charge in [0.05, 0.1) is 0 Å². The third kappa shape index (κ3) is 4.15. The van der Waals surface area contributed by atoms with Crippen molar-refractivity contribution < 1.29 is 9.53 Å². The van der Waals surface area contributed by atoms with Gasteiger partial charge in [-0.3, -0.25) is 0 Å². The van der Waals surface area contributed by atoms with Gasteiger partial charge in [0.15, 0.2) is 0 Å². The molecule has 0 radical (unpaired) electrons. The summed E-state index contributed by atoms with van der Waals surface area (Å²) in [6.07, 6.45) is 3.05. The van der Waals surface area contributed by atoms with Crippen LogP contribution in [-0.2, 0) is 6.42 Å². The number of hydrogen-bond acceptors (Lipinski definition) is 2. The molecule has 1 aliphatic rings. The van der Waals surface area contributed by atoms with E-state index in [0.29, 0.717) is 0 Å². The van der Waals surface area contributed by atoms with Crippen LogP contribution in [0.4, 0.5) is 4.79 Å². The van der Waals surface area contributed by atoms with Gasteiger partial charge in [-0.1, -0.05) is 19.1 Å². The zero-order chi connectivity index (χ0) is 15.9. The molecule has 0 bridgehead atoms. The molecule has 1 saturated heterocycles. The lowest BCUT2D eigenvalue weighted by Crippen LogP contribution is -2.48. The van der Waals surface area contributed by atoms with E-state index in [9.17, 15) is 4.79 Å². The van der Waals surface area contributed by atoms with Crippen LogP contribution in [0, 0.1) is 0 Å². The molecule has 0 atom stereocenters. The maximum Gasteiger partial charge on any atom is 0.319 e. The highest BCUT2D eigenvalue weighted by atomic mass is 16.5. The Kier molecular flexibility index (Phi) is 6.10. The van der Waals surface area contributed by atoms with E-state index in [0.717, 1.165) is 51.2 Å². The summed E-state index contributed by atoms with van der Waals surface area (Å²) in [5, 5.41) is 0. The number of carbonyl (C=O) groups excluding carboxylic acids is 1. The molecule has 122 valence electrons. The molecule has 1 aliphatic heterocycles. The first kappa shape index (κ1) is 16.7. The Morgan fingerprint density at radius 1 is 1.23 bits per heavy atom. The monoisotopic (exact) mass is 304 g/mol. The van der Waals surface area contributed by atoms with Gasteiger partial charge < -0.3 is 14.5 Å². The van der Waals surface area contributed by atoms with Crippen LogP contribution in [0.3, 0.4) is 0 Å². The van der Waals surface area contributed by atoms with Crippen LogP contribution in [0.15, 0.2) is 24.3 Å². The number of rotatable bonds is 5. The molecule has 0 N–H and O–H groups in total. The molecular formula is C18H28N2O2. The molecule has 2 rings (SSSR count). The summed E-state index contributed by atoms with van der Waals surface area (Å²) in [5.41, 5.74) is 1.30. The molecule has 0 unspecified atom stereocenters. The fourth-order valence-corrected chi connectivity index (χ4v) is 2.89. The third-order valence-electron chi connectivity index (χ3n) is 4.36. The number of hydrogen-bond donors (Lipinski definition) is 0. The summed E-state index contributed by atoms with van der Waals surface area (Å²) in [7, 11) is 0. The molecule has 1 fully saturated rings. The van der Waals surface area contributed by atoms with Gasteiger partial charge in [-0.15, -0.1) is 0 Å². The highest BCUT2D eigenvalue weighted by Gasteiger charge is 2.26. The summed E-state index contributed by atoms with van der Waals surface area (Å²) in [6, 6.07) is 8.47. The zero-order valence-corrected chi connectivity index (χ0v) is 14.0. The summed E-state index contributed by atoms with van der Waals surface area (Å²) >= 11 is 0. The molecule has 2 amide bonds. The van der Waals surface area contributed by atoms with Gasteiger partial charge in [0.1, 0.15) is 11.9 Å². The van der Waals surface area contributed by atoms with Crippen LogP contribution in [-0.4, -0.2) is 48.1 Å². The standard InChI is InChI=1S/C18H28N2O2/c1-4-15-8-7-9-17(14-15)22-16-10-12-20(13-11-16)18(21)19(5-2)6-3/h7-9,14,16H,4-6,10-13H2,1-3H3. The van der Waals surface area contributed by atoms with Crippen molar-refractivity contribution in [3.8, 4) is 5.75 Å². The first-order valence-corrected chi connectivity index (χ1v) is 8.47. The Bertz CT molecular complexity index is 478. The predicted octanol–water partition coefficient (Wildman–Crippen LogP) is 3.55. The molecule has 4 nitrogen and oxygen atoms in total. The molecule has 0 aromatic heterocycles. The molecule has 0 saturated carbocycles. The van der Waals surface area contributed by atoms with Gasteiger partial charge in [0, 0.05) is 39.0 Å². The van der Waals surface area contributed by atoms with Crippen molar-refractivity contribution in [3.63, 3.8) is 0 Å². The second-order valence-corrected chi connectivity index (χ2v) is 5.76. The lowest BCUT2D eigenvalue weighted by atomic mass is 10.1. The summed E-state index contributed by atoms with van der Waals surface area (Å²) in [5.74, 6) is 0.952. The van der Waals surface area contributed by atoms with Crippen LogP contribution < -0.4 is 4.74 Å². The first-order chi connectivity index (χ1) is 10.7. The van der Waals surface area contributed by atoms with E-state index >= 15 is 0 Å². The Morgan fingerprint density at radius 2 is 1.91 bits per heavy atom. The fraction of sp³-hybridized carbons (Fsp3) is 0.611. The number of nitrogens with zero attached hydrogens (tertiary/aromatic N) is 2. The van der Waals surface area contributed by atoms with E-state index < -0.39 is 0 Å². The topological polar surface area (TPSA) is 32.8 Å². The van der Waals surface area contributed by atoms with Crippen LogP contribution >= 0.6 is 0 Å². The summed E-state index contributed by atoms with van der Waals surface area (Å²) < 4.78 is 6.09. The maximum atomic E-state index is 12.3. The van der Waals surface area contributed by atoms with Crippen molar-refractivity contribution in [1.29, 1.82) is 0 Å². The predicted molar refractivity (Wildman–Crippen MR) is 89.4 cm³/mol. The van der Waals surface area contributed by atoms with Gasteiger partial charge in [0.25, 0.3) is 0 Å². The molecule has 0 aliphatic carbocycles. The number of piperidine rings is 1. The van der Waals surface area contributed by atoms with Crippen molar-refractivity contribution in [3.05, 3.63) is 29.8 Å². The number of likely N-dealkylation sites (tertiary alicyclic amines) is 1. The smallest absolute Gasteiger partial charge is 0.319 e. The van der Waals surface area contributed by atoms with Gasteiger partial charge in [0.2, 0.25) is 0 Å². The van der Waals surface area contributed by atoms with Gasteiger partial charge in [-0.05, 0) is 38.0 Å². The molecule has 22 heavy (non-hydrogen) atoms. The highest BCUT2D eigenvalue weighted by molar-refractivity contribution is 5.74. The largest absolute Gasteiger partial charge is 0.490 e. The quantitative estimate of drug-likeness (QED) is 0.833. The number of carbonyl (C=O) groups is 1. The van der Waals surface area contributed by atoms with Crippen LogP contribution in [0.1, 0.15) is 39.2 Å². The van der Waals surface area contributed by atoms with E-state index in [2.05, 4.69) is 19.1 Å². The number of aryl methyl sites for hydroxylation is 1. The van der Waals surface area contributed by atoms with Crippen molar-refractivity contribution in [2.24, 2.45) is 0 Å². The number of benzene rings is 1. The summed E-state index contributed by atoms with van der Waals surface area (Å²) in [4.78, 5) is 16.2. The lowest BCUT2D eigenvalue weighted by molar-refractivity contribution is 0.0963. The van der Waals surface area contributed by atoms with Gasteiger partial charge in [-0.25, -0.2) is 4.79 Å². The fourth-order valence-electron chi connectivity index (χ4n) is 2.89. The van der Waals surface area contributed by atoms with Crippen molar-refractivity contribution in [2.75, 3.05) is 26.2 Å². The lowest BCUT2D eigenvalue weighted by Gasteiger charge is -2.35. The van der Waals surface area contributed by atoms with E-state index in [1.54, 1.807) is 0 Å². The third-order valence-corrected chi connectivity index (χ3v) is 4.36. The average molecular weight is 304 g/mol. The second kappa shape index (κ2) is 8.06. The molecule has 1 aromatic carbocycles. The highest BCUT2D eigenvalue weighted by Crippen LogP contribution is 2.21. The number of amides is 2. The first-order valence-electron chi connectivity index (χ1n) is 8.47. The number of urea groups is 1. The van der Waals surface area contributed by atoms with Gasteiger partial charge in [-0.2, -0.15) is 0 Å². The minimum Gasteiger partial charge on any atom is -0.490 e. The molecule has 4 heteroatoms. The van der Waals surface area contributed by atoms with Crippen molar-refractivity contribution in [1.82, 2.24) is 9.80 Å². The molecular weight excluding hydrogens is 276 g/mol. The molecule has 1 aromatic rings. The minimum absolute atomic E-state index is 0.163. The Balaban J connectivity index is 1.85. The number of ether oxygens (including phenoxy) is 1. The SMILES string of the molecule is CCc1cccc(OC2CCN(C(=O)N(CC)CC)CC2)c1. The van der Waals surface area contributed by atoms with E-state index in [1.807, 2.05) is 35.8 Å². The van der Waals surface area contributed by atoms with E-state index in [1.165, 1.54) is 5.56 Å². The Labute approximate surface area is 134 Å². The second-order valence-electron chi connectivity index (χ2n) is 5.76. The summed E-state index contributed by atoms with van der Waals surface area (Å²) in [6.45, 7) is 9.32. The van der Waals surface area contributed by atoms with Crippen LogP contribution in [0.5, 0.6) is 5.75 Å².